The number of nitrogens with zero attached hydrogens (tertiary/aromatic N) is 4. The zero-order chi connectivity index (χ0) is 24.1. The molecule has 2 aromatic rings. The molecule has 2 heterocycles. The summed E-state index contributed by atoms with van der Waals surface area (Å²) in [6, 6.07) is 4.09. The Bertz CT molecular complexity index is 967. The lowest BCUT2D eigenvalue weighted by Gasteiger charge is -2.31. The van der Waals surface area contributed by atoms with Gasteiger partial charge in [-0.2, -0.15) is 0 Å². The van der Waals surface area contributed by atoms with Crippen molar-refractivity contribution in [3.63, 3.8) is 0 Å². The van der Waals surface area contributed by atoms with Crippen LogP contribution in [0.1, 0.15) is 45.1 Å². The fraction of sp³-hybridized carbons (Fsp3) is 0.625. The van der Waals surface area contributed by atoms with Crippen molar-refractivity contribution in [3.8, 4) is 28.6 Å². The summed E-state index contributed by atoms with van der Waals surface area (Å²) in [5.74, 6) is 2.86. The first-order chi connectivity index (χ1) is 16.5. The fourth-order valence-electron chi connectivity index (χ4n) is 4.71. The largest absolute Gasteiger partial charge is 0.493 e. The molecule has 2 aliphatic rings. The number of hydrogen-bond donors (Lipinski definition) is 0. The van der Waals surface area contributed by atoms with Crippen molar-refractivity contribution in [1.82, 2.24) is 19.7 Å². The molecular formula is C24H34N4O5S. The number of rotatable bonds is 8. The van der Waals surface area contributed by atoms with Gasteiger partial charge in [-0.05, 0) is 31.9 Å². The highest BCUT2D eigenvalue weighted by molar-refractivity contribution is 7.99. The van der Waals surface area contributed by atoms with Crippen molar-refractivity contribution in [2.24, 2.45) is 0 Å². The molecule has 186 valence electrons. The second-order valence-electron chi connectivity index (χ2n) is 8.69. The van der Waals surface area contributed by atoms with E-state index in [4.69, 9.17) is 18.9 Å². The molecule has 0 spiro atoms. The van der Waals surface area contributed by atoms with Gasteiger partial charge in [0.25, 0.3) is 0 Å². The standard InChI is InChI=1S/C24H34N4O5S/c1-16-14-27(10-11-33-16)21(29)15-34-24-26-25-23(28(24)18-8-6-5-7-9-18)17-12-19(30-2)22(32-4)20(13-17)31-3/h12-13,16,18H,5-11,14-15H2,1-4H3. The molecule has 9 nitrogen and oxygen atoms in total. The molecule has 34 heavy (non-hydrogen) atoms. The summed E-state index contributed by atoms with van der Waals surface area (Å²) in [5, 5.41) is 9.86. The van der Waals surface area contributed by atoms with Crippen LogP contribution in [0.25, 0.3) is 11.4 Å². The number of thioether (sulfide) groups is 1. The third-order valence-electron chi connectivity index (χ3n) is 6.45. The van der Waals surface area contributed by atoms with Crippen LogP contribution in [-0.4, -0.2) is 78.5 Å². The van der Waals surface area contributed by atoms with Gasteiger partial charge in [0, 0.05) is 24.7 Å². The summed E-state index contributed by atoms with van der Waals surface area (Å²) in [4.78, 5) is 14.7. The van der Waals surface area contributed by atoms with Gasteiger partial charge in [-0.15, -0.1) is 10.2 Å². The van der Waals surface area contributed by atoms with Gasteiger partial charge >= 0.3 is 0 Å². The molecule has 4 rings (SSSR count). The number of carbonyl (C=O) groups excluding carboxylic acids is 1. The highest BCUT2D eigenvalue weighted by Gasteiger charge is 2.27. The Hall–Kier alpha value is -2.46. The highest BCUT2D eigenvalue weighted by Crippen LogP contribution is 2.43. The Kier molecular flexibility index (Phi) is 8.20. The zero-order valence-corrected chi connectivity index (χ0v) is 21.2. The molecule has 1 aromatic carbocycles. The van der Waals surface area contributed by atoms with Crippen LogP contribution in [0.3, 0.4) is 0 Å². The van der Waals surface area contributed by atoms with Crippen molar-refractivity contribution in [2.75, 3.05) is 46.8 Å². The van der Waals surface area contributed by atoms with Crippen LogP contribution in [0.4, 0.5) is 0 Å². The Morgan fingerprint density at radius 2 is 1.79 bits per heavy atom. The molecule has 2 fully saturated rings. The van der Waals surface area contributed by atoms with E-state index in [0.29, 0.717) is 48.7 Å². The van der Waals surface area contributed by atoms with Gasteiger partial charge in [0.15, 0.2) is 22.5 Å². The van der Waals surface area contributed by atoms with E-state index in [1.807, 2.05) is 24.0 Å². The normalized spacial score (nSPS) is 19.2. The maximum absolute atomic E-state index is 12.9. The average molecular weight is 491 g/mol. The molecule has 0 bridgehead atoms. The number of ether oxygens (including phenoxy) is 4. The van der Waals surface area contributed by atoms with Crippen molar-refractivity contribution in [1.29, 1.82) is 0 Å². The minimum Gasteiger partial charge on any atom is -0.493 e. The molecule has 1 aliphatic heterocycles. The van der Waals surface area contributed by atoms with Crippen LogP contribution in [0.2, 0.25) is 0 Å². The van der Waals surface area contributed by atoms with Gasteiger partial charge in [0.2, 0.25) is 11.7 Å². The maximum Gasteiger partial charge on any atom is 0.233 e. The van der Waals surface area contributed by atoms with E-state index in [0.717, 1.165) is 29.4 Å². The van der Waals surface area contributed by atoms with Gasteiger partial charge in [-0.3, -0.25) is 9.36 Å². The summed E-state index contributed by atoms with van der Waals surface area (Å²) in [5.41, 5.74) is 0.841. The predicted octanol–water partition coefficient (Wildman–Crippen LogP) is 3.82. The number of benzene rings is 1. The van der Waals surface area contributed by atoms with Gasteiger partial charge in [-0.1, -0.05) is 31.0 Å². The topological polar surface area (TPSA) is 87.9 Å². The first-order valence-corrected chi connectivity index (χ1v) is 12.8. The van der Waals surface area contributed by atoms with Crippen LogP contribution in [0.5, 0.6) is 17.2 Å². The molecule has 1 aliphatic carbocycles. The molecule has 10 heteroatoms. The van der Waals surface area contributed by atoms with Crippen molar-refractivity contribution < 1.29 is 23.7 Å². The lowest BCUT2D eigenvalue weighted by Crippen LogP contribution is -2.45. The minimum absolute atomic E-state index is 0.0697. The first kappa shape index (κ1) is 24.7. The van der Waals surface area contributed by atoms with Gasteiger partial charge < -0.3 is 23.8 Å². The molecule has 1 unspecified atom stereocenters. The van der Waals surface area contributed by atoms with Crippen LogP contribution in [-0.2, 0) is 9.53 Å². The molecule has 1 amide bonds. The molecule has 1 aromatic heterocycles. The molecule has 1 saturated heterocycles. The Labute approximate surface area is 205 Å². The molecule has 1 atom stereocenters. The van der Waals surface area contributed by atoms with Crippen LogP contribution in [0, 0.1) is 0 Å². The molecule has 0 radical (unpaired) electrons. The number of amides is 1. The SMILES string of the molecule is COc1cc(-c2nnc(SCC(=O)N3CCOC(C)C3)n2C2CCCCC2)cc(OC)c1OC. The smallest absolute Gasteiger partial charge is 0.233 e. The van der Waals surface area contributed by atoms with E-state index in [1.54, 1.807) is 21.3 Å². The summed E-state index contributed by atoms with van der Waals surface area (Å²) in [7, 11) is 4.80. The number of aromatic nitrogens is 3. The van der Waals surface area contributed by atoms with E-state index in [1.165, 1.54) is 31.0 Å². The van der Waals surface area contributed by atoms with E-state index in [9.17, 15) is 4.79 Å². The lowest BCUT2D eigenvalue weighted by molar-refractivity contribution is -0.135. The molecule has 1 saturated carbocycles. The lowest BCUT2D eigenvalue weighted by atomic mass is 9.95. The number of morpholine rings is 1. The Morgan fingerprint density at radius 1 is 1.09 bits per heavy atom. The highest BCUT2D eigenvalue weighted by atomic mass is 32.2. The maximum atomic E-state index is 12.9. The van der Waals surface area contributed by atoms with Crippen molar-refractivity contribution in [3.05, 3.63) is 12.1 Å². The van der Waals surface area contributed by atoms with E-state index in [2.05, 4.69) is 14.8 Å². The third kappa shape index (κ3) is 5.27. The van der Waals surface area contributed by atoms with Gasteiger partial charge in [0.1, 0.15) is 0 Å². The quantitative estimate of drug-likeness (QED) is 0.516. The van der Waals surface area contributed by atoms with E-state index in [-0.39, 0.29) is 12.0 Å². The van der Waals surface area contributed by atoms with Crippen molar-refractivity contribution in [2.45, 2.75) is 56.3 Å². The first-order valence-electron chi connectivity index (χ1n) is 11.8. The minimum atomic E-state index is 0.0697. The van der Waals surface area contributed by atoms with Crippen LogP contribution >= 0.6 is 11.8 Å². The summed E-state index contributed by atoms with van der Waals surface area (Å²) in [6.07, 6.45) is 5.79. The zero-order valence-electron chi connectivity index (χ0n) is 20.4. The predicted molar refractivity (Wildman–Crippen MR) is 130 cm³/mol. The fourth-order valence-corrected chi connectivity index (χ4v) is 5.62. The molecule has 0 N–H and O–H groups in total. The average Bonchev–Trinajstić information content (AvgIpc) is 3.30. The summed E-state index contributed by atoms with van der Waals surface area (Å²) >= 11 is 1.46. The van der Waals surface area contributed by atoms with Crippen LogP contribution < -0.4 is 14.2 Å². The summed E-state index contributed by atoms with van der Waals surface area (Å²) in [6.45, 7) is 3.85. The summed E-state index contributed by atoms with van der Waals surface area (Å²) < 4.78 is 24.4. The second-order valence-corrected chi connectivity index (χ2v) is 9.63. The van der Waals surface area contributed by atoms with E-state index >= 15 is 0 Å². The van der Waals surface area contributed by atoms with E-state index < -0.39 is 0 Å². The number of hydrogen-bond acceptors (Lipinski definition) is 8. The van der Waals surface area contributed by atoms with Gasteiger partial charge in [0.05, 0.1) is 39.8 Å². The second kappa shape index (κ2) is 11.3. The number of carbonyl (C=O) groups is 1. The van der Waals surface area contributed by atoms with Crippen LogP contribution in [0.15, 0.2) is 17.3 Å². The number of methoxy groups -OCH3 is 3. The van der Waals surface area contributed by atoms with Crippen molar-refractivity contribution >= 4 is 17.7 Å². The molecular weight excluding hydrogens is 456 g/mol. The Balaban J connectivity index is 1.64. The van der Waals surface area contributed by atoms with Gasteiger partial charge in [-0.25, -0.2) is 0 Å². The Morgan fingerprint density at radius 3 is 2.41 bits per heavy atom. The monoisotopic (exact) mass is 490 g/mol. The third-order valence-corrected chi connectivity index (χ3v) is 7.37.